The van der Waals surface area contributed by atoms with E-state index in [1.165, 1.54) is 0 Å². The molecule has 1 unspecified atom stereocenters. The molecule has 0 radical (unpaired) electrons. The van der Waals surface area contributed by atoms with Crippen molar-refractivity contribution < 1.29 is 9.21 Å². The number of hydrogen-bond acceptors (Lipinski definition) is 3. The molecule has 20 heavy (non-hydrogen) atoms. The van der Waals surface area contributed by atoms with E-state index in [9.17, 15) is 4.79 Å². The minimum atomic E-state index is 0.283. The fourth-order valence-corrected chi connectivity index (χ4v) is 3.51. The molecule has 1 saturated heterocycles. The molecule has 0 aromatic carbocycles. The molecule has 1 atom stereocenters. The van der Waals surface area contributed by atoms with E-state index in [-0.39, 0.29) is 5.92 Å². The van der Waals surface area contributed by atoms with Gasteiger partial charge in [-0.3, -0.25) is 9.69 Å². The summed E-state index contributed by atoms with van der Waals surface area (Å²) in [4.78, 5) is 16.2. The van der Waals surface area contributed by atoms with Gasteiger partial charge in [-0.1, -0.05) is 0 Å². The monoisotopic (exact) mass is 276 g/mol. The number of piperidine rings is 1. The molecule has 1 aliphatic heterocycles. The maximum Gasteiger partial charge on any atom is 0.225 e. The zero-order chi connectivity index (χ0) is 14.3. The van der Waals surface area contributed by atoms with Gasteiger partial charge < -0.3 is 9.32 Å². The summed E-state index contributed by atoms with van der Waals surface area (Å²) in [5, 5.41) is 0. The van der Waals surface area contributed by atoms with E-state index < -0.39 is 0 Å². The Hall–Kier alpha value is -1.29. The maximum absolute atomic E-state index is 12.1. The molecule has 110 valence electrons. The molecule has 1 amide bonds. The number of carbonyl (C=O) groups excluding carboxylic acids is 1. The van der Waals surface area contributed by atoms with Gasteiger partial charge in [0.15, 0.2) is 0 Å². The van der Waals surface area contributed by atoms with Gasteiger partial charge in [0.1, 0.15) is 11.5 Å². The SMILES string of the molecule is Cc1ccc(CN2CCC3(CC2)CC3C(=O)N(C)C)o1. The molecule has 4 heteroatoms. The molecular weight excluding hydrogens is 252 g/mol. The lowest BCUT2D eigenvalue weighted by Gasteiger charge is -2.32. The van der Waals surface area contributed by atoms with Crippen LogP contribution in [0.15, 0.2) is 16.5 Å². The van der Waals surface area contributed by atoms with Crippen LogP contribution < -0.4 is 0 Å². The van der Waals surface area contributed by atoms with Crippen molar-refractivity contribution in [2.75, 3.05) is 27.2 Å². The highest BCUT2D eigenvalue weighted by atomic mass is 16.3. The molecule has 4 nitrogen and oxygen atoms in total. The third-order valence-corrected chi connectivity index (χ3v) is 4.96. The number of likely N-dealkylation sites (tertiary alicyclic amines) is 1. The fraction of sp³-hybridized carbons (Fsp3) is 0.688. The minimum Gasteiger partial charge on any atom is -0.465 e. The lowest BCUT2D eigenvalue weighted by Crippen LogP contribution is -2.36. The first-order valence-corrected chi connectivity index (χ1v) is 7.49. The van der Waals surface area contributed by atoms with Crippen LogP contribution in [0, 0.1) is 18.3 Å². The quantitative estimate of drug-likeness (QED) is 0.850. The Morgan fingerprint density at radius 1 is 1.40 bits per heavy atom. The van der Waals surface area contributed by atoms with Crippen molar-refractivity contribution in [3.05, 3.63) is 23.7 Å². The van der Waals surface area contributed by atoms with E-state index in [1.54, 1.807) is 4.90 Å². The third kappa shape index (κ3) is 2.49. The number of furan rings is 1. The van der Waals surface area contributed by atoms with Crippen LogP contribution in [0.3, 0.4) is 0 Å². The fourth-order valence-electron chi connectivity index (χ4n) is 3.51. The van der Waals surface area contributed by atoms with Gasteiger partial charge in [-0.15, -0.1) is 0 Å². The van der Waals surface area contributed by atoms with Crippen molar-refractivity contribution in [3.63, 3.8) is 0 Å². The lowest BCUT2D eigenvalue weighted by atomic mass is 9.90. The summed E-state index contributed by atoms with van der Waals surface area (Å²) in [6.07, 6.45) is 3.39. The molecule has 2 fully saturated rings. The Labute approximate surface area is 120 Å². The molecule has 0 N–H and O–H groups in total. The molecule has 0 bridgehead atoms. The zero-order valence-electron chi connectivity index (χ0n) is 12.7. The first kappa shape index (κ1) is 13.7. The summed E-state index contributed by atoms with van der Waals surface area (Å²) in [6, 6.07) is 4.09. The summed E-state index contributed by atoms with van der Waals surface area (Å²) in [5.41, 5.74) is 0.316. The van der Waals surface area contributed by atoms with E-state index in [0.717, 1.165) is 50.4 Å². The van der Waals surface area contributed by atoms with Crippen molar-refractivity contribution in [2.45, 2.75) is 32.7 Å². The standard InChI is InChI=1S/C16H24N2O2/c1-12-4-5-13(20-12)11-18-8-6-16(7-9-18)10-14(16)15(19)17(2)3/h4-5,14H,6-11H2,1-3H3. The largest absolute Gasteiger partial charge is 0.465 e. The first-order valence-electron chi connectivity index (χ1n) is 7.49. The van der Waals surface area contributed by atoms with Crippen LogP contribution in [0.2, 0.25) is 0 Å². The van der Waals surface area contributed by atoms with E-state index in [0.29, 0.717) is 11.3 Å². The second-order valence-corrected chi connectivity index (χ2v) is 6.64. The van der Waals surface area contributed by atoms with Crippen LogP contribution in [0.25, 0.3) is 0 Å². The van der Waals surface area contributed by atoms with Crippen LogP contribution in [-0.4, -0.2) is 42.9 Å². The van der Waals surface area contributed by atoms with Crippen LogP contribution in [0.5, 0.6) is 0 Å². The maximum atomic E-state index is 12.1. The summed E-state index contributed by atoms with van der Waals surface area (Å²) in [7, 11) is 3.73. The smallest absolute Gasteiger partial charge is 0.225 e. The second-order valence-electron chi connectivity index (χ2n) is 6.64. The molecule has 1 aliphatic carbocycles. The molecule has 3 rings (SSSR count). The molecule has 1 saturated carbocycles. The highest BCUT2D eigenvalue weighted by Crippen LogP contribution is 2.59. The van der Waals surface area contributed by atoms with E-state index in [1.807, 2.05) is 27.1 Å². The molecule has 1 aromatic rings. The Kier molecular flexibility index (Phi) is 3.36. The van der Waals surface area contributed by atoms with Gasteiger partial charge >= 0.3 is 0 Å². The van der Waals surface area contributed by atoms with E-state index >= 15 is 0 Å². The molecular formula is C16H24N2O2. The Morgan fingerprint density at radius 2 is 2.10 bits per heavy atom. The molecule has 1 aromatic heterocycles. The van der Waals surface area contributed by atoms with Crippen LogP contribution in [0.1, 0.15) is 30.8 Å². The van der Waals surface area contributed by atoms with E-state index in [4.69, 9.17) is 4.42 Å². The van der Waals surface area contributed by atoms with Gasteiger partial charge in [0.2, 0.25) is 5.91 Å². The van der Waals surface area contributed by atoms with Gasteiger partial charge in [-0.25, -0.2) is 0 Å². The summed E-state index contributed by atoms with van der Waals surface area (Å²) >= 11 is 0. The van der Waals surface area contributed by atoms with Crippen LogP contribution in [0.4, 0.5) is 0 Å². The topological polar surface area (TPSA) is 36.7 Å². The zero-order valence-corrected chi connectivity index (χ0v) is 12.7. The predicted molar refractivity (Wildman–Crippen MR) is 77.2 cm³/mol. The van der Waals surface area contributed by atoms with Crippen molar-refractivity contribution >= 4 is 5.91 Å². The predicted octanol–water partition coefficient (Wildman–Crippen LogP) is 2.28. The van der Waals surface area contributed by atoms with Crippen LogP contribution >= 0.6 is 0 Å². The average Bonchev–Trinajstić information content (AvgIpc) is 2.96. The van der Waals surface area contributed by atoms with Gasteiger partial charge in [-0.2, -0.15) is 0 Å². The lowest BCUT2D eigenvalue weighted by molar-refractivity contribution is -0.131. The normalized spacial score (nSPS) is 24.9. The van der Waals surface area contributed by atoms with Gasteiger partial charge in [-0.05, 0) is 56.8 Å². The summed E-state index contributed by atoms with van der Waals surface area (Å²) < 4.78 is 5.64. The number of hydrogen-bond donors (Lipinski definition) is 0. The van der Waals surface area contributed by atoms with Crippen molar-refractivity contribution in [3.8, 4) is 0 Å². The third-order valence-electron chi connectivity index (χ3n) is 4.96. The van der Waals surface area contributed by atoms with Crippen molar-refractivity contribution in [1.82, 2.24) is 9.80 Å². The van der Waals surface area contributed by atoms with Crippen LogP contribution in [-0.2, 0) is 11.3 Å². The van der Waals surface area contributed by atoms with E-state index in [2.05, 4.69) is 11.0 Å². The highest BCUT2D eigenvalue weighted by molar-refractivity contribution is 5.82. The number of carbonyl (C=O) groups is 1. The van der Waals surface area contributed by atoms with Crippen molar-refractivity contribution in [2.24, 2.45) is 11.3 Å². The molecule has 2 aliphatic rings. The summed E-state index contributed by atoms with van der Waals surface area (Å²) in [5.74, 6) is 2.63. The van der Waals surface area contributed by atoms with Gasteiger partial charge in [0.05, 0.1) is 6.54 Å². The first-order chi connectivity index (χ1) is 9.50. The van der Waals surface area contributed by atoms with Gasteiger partial charge in [0.25, 0.3) is 0 Å². The molecule has 1 spiro atoms. The number of rotatable bonds is 3. The summed E-state index contributed by atoms with van der Waals surface area (Å²) in [6.45, 7) is 5.04. The Bertz CT molecular complexity index is 498. The van der Waals surface area contributed by atoms with Crippen molar-refractivity contribution in [1.29, 1.82) is 0 Å². The number of aryl methyl sites for hydroxylation is 1. The highest BCUT2D eigenvalue weighted by Gasteiger charge is 2.58. The minimum absolute atomic E-state index is 0.283. The Morgan fingerprint density at radius 3 is 2.65 bits per heavy atom. The number of nitrogens with zero attached hydrogens (tertiary/aromatic N) is 2. The average molecular weight is 276 g/mol. The molecule has 2 heterocycles. The Balaban J connectivity index is 1.52. The number of amides is 1. The second kappa shape index (κ2) is 4.92. The van der Waals surface area contributed by atoms with Gasteiger partial charge in [0, 0.05) is 20.0 Å².